The Labute approximate surface area is 108 Å². The number of alkyl halides is 1. The van der Waals surface area contributed by atoms with Crippen LogP contribution in [-0.4, -0.2) is 23.1 Å². The molecule has 0 aliphatic heterocycles. The summed E-state index contributed by atoms with van der Waals surface area (Å²) in [5.41, 5.74) is 0.0484. The van der Waals surface area contributed by atoms with Crippen LogP contribution >= 0.6 is 31.9 Å². The minimum atomic E-state index is -0.569. The Morgan fingerprint density at radius 1 is 1.56 bits per heavy atom. The van der Waals surface area contributed by atoms with Crippen LogP contribution in [0.2, 0.25) is 0 Å². The molecule has 5 nitrogen and oxygen atoms in total. The molecule has 0 aromatic heterocycles. The lowest BCUT2D eigenvalue weighted by molar-refractivity contribution is -0.385. The van der Waals surface area contributed by atoms with Crippen LogP contribution in [0.1, 0.15) is 10.4 Å². The summed E-state index contributed by atoms with van der Waals surface area (Å²) in [6.07, 6.45) is 0. The smallest absolute Gasteiger partial charge is 0.273 e. The normalized spacial score (nSPS) is 9.94. The molecule has 1 aromatic rings. The summed E-state index contributed by atoms with van der Waals surface area (Å²) in [4.78, 5) is 21.6. The van der Waals surface area contributed by atoms with Gasteiger partial charge in [-0.1, -0.05) is 15.9 Å². The van der Waals surface area contributed by atoms with Gasteiger partial charge < -0.3 is 4.74 Å². The second-order valence-corrected chi connectivity index (χ2v) is 4.18. The molecule has 0 N–H and O–H groups in total. The van der Waals surface area contributed by atoms with E-state index in [1.807, 2.05) is 0 Å². The number of hydrogen-bond donors (Lipinski definition) is 0. The van der Waals surface area contributed by atoms with E-state index in [1.54, 1.807) is 0 Å². The van der Waals surface area contributed by atoms with E-state index in [9.17, 15) is 14.9 Å². The summed E-state index contributed by atoms with van der Waals surface area (Å²) in [6, 6.07) is 2.48. The Hall–Kier alpha value is -0.950. The van der Waals surface area contributed by atoms with Gasteiger partial charge in [0.1, 0.15) is 5.75 Å². The first-order valence-corrected chi connectivity index (χ1v) is 6.03. The second-order valence-electron chi connectivity index (χ2n) is 2.82. The van der Waals surface area contributed by atoms with Gasteiger partial charge in [-0.15, -0.1) is 0 Å². The number of nitro benzene ring substituents is 1. The number of halogens is 2. The monoisotopic (exact) mass is 351 g/mol. The van der Waals surface area contributed by atoms with E-state index in [2.05, 4.69) is 31.9 Å². The van der Waals surface area contributed by atoms with E-state index in [0.717, 1.165) is 0 Å². The Bertz CT molecular complexity index is 447. The van der Waals surface area contributed by atoms with E-state index >= 15 is 0 Å². The van der Waals surface area contributed by atoms with Gasteiger partial charge in [-0.05, 0) is 15.9 Å². The Morgan fingerprint density at radius 3 is 2.62 bits per heavy atom. The molecule has 0 radical (unpaired) electrons. The van der Waals surface area contributed by atoms with Crippen molar-refractivity contribution in [1.29, 1.82) is 0 Å². The third-order valence-corrected chi connectivity index (χ3v) is 3.20. The van der Waals surface area contributed by atoms with Crippen LogP contribution in [0.25, 0.3) is 0 Å². The Morgan fingerprint density at radius 2 is 2.19 bits per heavy atom. The number of non-ortho nitro benzene ring substituents is 1. The summed E-state index contributed by atoms with van der Waals surface area (Å²) in [6.45, 7) is 0. The average Bonchev–Trinajstić information content (AvgIpc) is 2.28. The van der Waals surface area contributed by atoms with Crippen molar-refractivity contribution in [2.45, 2.75) is 0 Å². The number of nitrogens with zero attached hydrogens (tertiary/aromatic N) is 1. The highest BCUT2D eigenvalue weighted by atomic mass is 79.9. The van der Waals surface area contributed by atoms with Gasteiger partial charge in [0.25, 0.3) is 5.69 Å². The van der Waals surface area contributed by atoms with Gasteiger partial charge in [0.05, 0.1) is 27.9 Å². The lowest BCUT2D eigenvalue weighted by atomic mass is 10.1. The van der Waals surface area contributed by atoms with Crippen molar-refractivity contribution in [2.24, 2.45) is 0 Å². The highest BCUT2D eigenvalue weighted by Gasteiger charge is 2.19. The zero-order chi connectivity index (χ0) is 12.3. The number of nitro groups is 1. The molecule has 0 bridgehead atoms. The highest BCUT2D eigenvalue weighted by molar-refractivity contribution is 9.10. The standard InChI is InChI=1S/C9H7Br2NO4/c1-16-8-3-5(12(14)15)2-6(9(8)11)7(13)4-10/h2-3H,4H2,1H3. The van der Waals surface area contributed by atoms with Crippen molar-refractivity contribution in [3.63, 3.8) is 0 Å². The average molecular weight is 353 g/mol. The van der Waals surface area contributed by atoms with Crippen molar-refractivity contribution in [3.05, 3.63) is 32.3 Å². The zero-order valence-electron chi connectivity index (χ0n) is 8.20. The van der Waals surface area contributed by atoms with Gasteiger partial charge in [0.2, 0.25) is 0 Å². The Balaban J connectivity index is 3.41. The van der Waals surface area contributed by atoms with Crippen LogP contribution in [-0.2, 0) is 0 Å². The predicted octanol–water partition coefficient (Wildman–Crippen LogP) is 2.94. The van der Waals surface area contributed by atoms with Gasteiger partial charge in [0, 0.05) is 11.6 Å². The fourth-order valence-electron chi connectivity index (χ4n) is 1.11. The molecule has 0 amide bonds. The number of Topliss-reactive ketones (excluding diaryl/α,β-unsaturated/α-hetero) is 1. The third-order valence-electron chi connectivity index (χ3n) is 1.88. The quantitative estimate of drug-likeness (QED) is 0.361. The van der Waals surface area contributed by atoms with Crippen LogP contribution in [0.15, 0.2) is 16.6 Å². The number of rotatable bonds is 4. The number of methoxy groups -OCH3 is 1. The molecule has 16 heavy (non-hydrogen) atoms. The zero-order valence-corrected chi connectivity index (χ0v) is 11.4. The Kier molecular flexibility index (Phi) is 4.43. The summed E-state index contributed by atoms with van der Waals surface area (Å²) >= 11 is 6.19. The van der Waals surface area contributed by atoms with Crippen molar-refractivity contribution < 1.29 is 14.5 Å². The number of benzene rings is 1. The molecule has 0 saturated heterocycles. The summed E-state index contributed by atoms with van der Waals surface area (Å²) in [7, 11) is 1.38. The fraction of sp³-hybridized carbons (Fsp3) is 0.222. The predicted molar refractivity (Wildman–Crippen MR) is 65.5 cm³/mol. The van der Waals surface area contributed by atoms with Crippen molar-refractivity contribution in [3.8, 4) is 5.75 Å². The molecular formula is C9H7Br2NO4. The topological polar surface area (TPSA) is 69.4 Å². The van der Waals surface area contributed by atoms with Crippen LogP contribution in [0.5, 0.6) is 5.75 Å². The molecule has 0 heterocycles. The molecule has 7 heteroatoms. The summed E-state index contributed by atoms with van der Waals surface area (Å²) in [5, 5.41) is 10.7. The van der Waals surface area contributed by atoms with Gasteiger partial charge >= 0.3 is 0 Å². The van der Waals surface area contributed by atoms with Gasteiger partial charge in [-0.2, -0.15) is 0 Å². The summed E-state index contributed by atoms with van der Waals surface area (Å²) in [5.74, 6) is 0.00683. The first kappa shape index (κ1) is 13.1. The highest BCUT2D eigenvalue weighted by Crippen LogP contribution is 2.33. The largest absolute Gasteiger partial charge is 0.495 e. The maximum atomic E-state index is 11.5. The second kappa shape index (κ2) is 5.40. The SMILES string of the molecule is COc1cc([N+](=O)[O-])cc(C(=O)CBr)c1Br. The molecule has 0 fully saturated rings. The minimum Gasteiger partial charge on any atom is -0.495 e. The van der Waals surface area contributed by atoms with Crippen LogP contribution < -0.4 is 4.74 Å². The van der Waals surface area contributed by atoms with Gasteiger partial charge in [-0.3, -0.25) is 14.9 Å². The molecule has 0 aliphatic rings. The number of ether oxygens (including phenoxy) is 1. The minimum absolute atomic E-state index is 0.0932. The molecule has 1 rings (SSSR count). The van der Waals surface area contributed by atoms with E-state index < -0.39 is 4.92 Å². The third kappa shape index (κ3) is 2.59. The number of ketones is 1. The maximum Gasteiger partial charge on any atom is 0.273 e. The van der Waals surface area contributed by atoms with Gasteiger partial charge in [-0.25, -0.2) is 0 Å². The molecule has 0 atom stereocenters. The van der Waals surface area contributed by atoms with Crippen molar-refractivity contribution in [1.82, 2.24) is 0 Å². The summed E-state index contributed by atoms with van der Waals surface area (Å²) < 4.78 is 5.37. The van der Waals surface area contributed by atoms with Crippen LogP contribution in [0.4, 0.5) is 5.69 Å². The molecule has 0 aliphatic carbocycles. The fourth-order valence-corrected chi connectivity index (χ4v) is 2.03. The van der Waals surface area contributed by atoms with Gasteiger partial charge in [0.15, 0.2) is 5.78 Å². The number of carbonyl (C=O) groups is 1. The van der Waals surface area contributed by atoms with E-state index in [0.29, 0.717) is 4.47 Å². The van der Waals surface area contributed by atoms with Crippen LogP contribution in [0, 0.1) is 10.1 Å². The molecule has 0 unspecified atom stereocenters. The number of carbonyl (C=O) groups excluding carboxylic acids is 1. The van der Waals surface area contributed by atoms with E-state index in [-0.39, 0.29) is 28.1 Å². The van der Waals surface area contributed by atoms with Crippen molar-refractivity contribution in [2.75, 3.05) is 12.4 Å². The molecule has 86 valence electrons. The number of hydrogen-bond acceptors (Lipinski definition) is 4. The lowest BCUT2D eigenvalue weighted by Crippen LogP contribution is -2.04. The first-order chi connectivity index (χ1) is 7.51. The van der Waals surface area contributed by atoms with E-state index in [4.69, 9.17) is 4.74 Å². The molecule has 0 saturated carbocycles. The van der Waals surface area contributed by atoms with E-state index in [1.165, 1.54) is 19.2 Å². The lowest BCUT2D eigenvalue weighted by Gasteiger charge is -2.07. The van der Waals surface area contributed by atoms with Crippen LogP contribution in [0.3, 0.4) is 0 Å². The maximum absolute atomic E-state index is 11.5. The molecule has 0 spiro atoms. The molecule has 1 aromatic carbocycles. The first-order valence-electron chi connectivity index (χ1n) is 4.12. The van der Waals surface area contributed by atoms with Crippen molar-refractivity contribution >= 4 is 43.3 Å². The molecular weight excluding hydrogens is 346 g/mol.